The quantitative estimate of drug-likeness (QED) is 0.116. The summed E-state index contributed by atoms with van der Waals surface area (Å²) in [5.74, 6) is 6.20. The van der Waals surface area contributed by atoms with Crippen molar-refractivity contribution in [3.05, 3.63) is 187 Å². The highest BCUT2D eigenvalue weighted by Crippen LogP contribution is 2.67. The molecule has 0 amide bonds. The number of anilines is 4. The number of nitrogens with one attached hydrogen (secondary N) is 1. The molecule has 3 heterocycles. The molecule has 10 fully saturated rings. The van der Waals surface area contributed by atoms with Gasteiger partial charge in [-0.3, -0.25) is 4.90 Å². The molecule has 0 spiro atoms. The summed E-state index contributed by atoms with van der Waals surface area (Å²) >= 11 is 2.54. The van der Waals surface area contributed by atoms with Crippen LogP contribution in [0.2, 0.25) is 23.3 Å². The number of benzene rings is 6. The van der Waals surface area contributed by atoms with Crippen LogP contribution in [0.25, 0.3) is 22.3 Å². The summed E-state index contributed by atoms with van der Waals surface area (Å²) in [4.78, 5) is 9.58. The molecule has 482 valence electrons. The van der Waals surface area contributed by atoms with E-state index < -0.39 is 0 Å². The number of hydrogen-bond donors (Lipinski definition) is 1. The minimum Gasteiger partial charge on any atom is -0.365 e. The number of allylic oxidation sites excluding steroid dienone is 2. The fourth-order valence-corrected chi connectivity index (χ4v) is 25.6. The van der Waals surface area contributed by atoms with Crippen LogP contribution < -0.4 is 20.6 Å². The minimum absolute atomic E-state index is 0.256. The molecular weight excluding hydrogens is 1140 g/mol. The van der Waals surface area contributed by atoms with E-state index in [1.807, 2.05) is 0 Å². The van der Waals surface area contributed by atoms with E-state index in [1.54, 1.807) is 11.2 Å². The molecule has 1 N–H and O–H groups in total. The minimum atomic E-state index is 0.256. The summed E-state index contributed by atoms with van der Waals surface area (Å²) in [6.45, 7) is 3.49. The summed E-state index contributed by atoms with van der Waals surface area (Å²) < 4.78 is 0. The van der Waals surface area contributed by atoms with Gasteiger partial charge in [0, 0.05) is 80.6 Å². The molecule has 11 atom stereocenters. The molecule has 4 nitrogen and oxygen atoms in total. The maximum absolute atomic E-state index is 4.13. The van der Waals surface area contributed by atoms with Crippen molar-refractivity contribution in [3.8, 4) is 22.3 Å². The second-order valence-corrected chi connectivity index (χ2v) is 33.5. The van der Waals surface area contributed by atoms with Gasteiger partial charge in [-0.15, -0.1) is 0 Å². The third-order valence-electron chi connectivity index (χ3n) is 27.3. The Morgan fingerprint density at radius 2 is 1.05 bits per heavy atom. The third kappa shape index (κ3) is 11.9. The second kappa shape index (κ2) is 27.3. The molecule has 93 heavy (non-hydrogen) atoms. The lowest BCUT2D eigenvalue weighted by Gasteiger charge is -2.62. The Morgan fingerprint density at radius 3 is 1.80 bits per heavy atom. The van der Waals surface area contributed by atoms with Gasteiger partial charge in [0.2, 0.25) is 6.71 Å². The molecule has 7 heteroatoms. The maximum Gasteiger partial charge on any atom is 0.219 e. The van der Waals surface area contributed by atoms with Gasteiger partial charge >= 0.3 is 0 Å². The predicted molar refractivity (Wildman–Crippen MR) is 400 cm³/mol. The number of hydrogen-bond acceptors (Lipinski definition) is 5. The van der Waals surface area contributed by atoms with Gasteiger partial charge in [-0.2, -0.15) is 11.8 Å². The molecular formula is C86H106B2N4S. The van der Waals surface area contributed by atoms with Gasteiger partial charge in [-0.05, 0) is 179 Å². The van der Waals surface area contributed by atoms with Crippen molar-refractivity contribution in [2.24, 2.45) is 23.7 Å². The number of thioether (sulfide) groups is 1. The van der Waals surface area contributed by atoms with Crippen molar-refractivity contribution in [1.82, 2.24) is 4.90 Å². The number of nitrogens with zero attached hydrogens (tertiary/aromatic N) is 3. The Labute approximate surface area is 565 Å². The second-order valence-electron chi connectivity index (χ2n) is 32.1. The van der Waals surface area contributed by atoms with Crippen molar-refractivity contribution in [1.29, 1.82) is 0 Å². The fourth-order valence-electron chi connectivity index (χ4n) is 23.6. The lowest BCUT2D eigenvalue weighted by Crippen LogP contribution is -2.62. The SMILES string of the molecule is Cc1cccc(-c2ccccc2)c1N1C2=CC3SC4CC(N(C5CCCCC5)C5CCCCC5)CC5CC6CCCCC6B(C3C=C2B(c2ccccc2Nc2ccccc2)C2CCC(N(c3ccccc3-c3ccccc3)C3CCC(C6CCCCC6)CC3)CC21)C54. The van der Waals surface area contributed by atoms with Gasteiger partial charge in [0.05, 0.1) is 5.69 Å². The highest BCUT2D eigenvalue weighted by molar-refractivity contribution is 8.01. The van der Waals surface area contributed by atoms with E-state index in [1.165, 1.54) is 236 Å². The summed E-state index contributed by atoms with van der Waals surface area (Å²) in [5.41, 5.74) is 17.1. The molecule has 0 aromatic heterocycles. The molecule has 17 rings (SSSR count). The van der Waals surface area contributed by atoms with Gasteiger partial charge in [0.1, 0.15) is 0 Å². The molecule has 3 aliphatic heterocycles. The Morgan fingerprint density at radius 1 is 0.452 bits per heavy atom. The normalized spacial score (nSPS) is 31.6. The Kier molecular flexibility index (Phi) is 18.0. The van der Waals surface area contributed by atoms with Crippen LogP contribution in [0.3, 0.4) is 0 Å². The molecule has 0 bridgehead atoms. The number of aryl methyl sites for hydroxylation is 1. The van der Waals surface area contributed by atoms with Gasteiger partial charge in [-0.25, -0.2) is 0 Å². The molecule has 6 aromatic rings. The van der Waals surface area contributed by atoms with Crippen LogP contribution in [0.4, 0.5) is 22.7 Å². The molecule has 11 aliphatic rings. The average Bonchev–Trinajstić information content (AvgIpc) is 0.724. The van der Waals surface area contributed by atoms with Crippen LogP contribution in [0.1, 0.15) is 192 Å². The average molecular weight is 1250 g/mol. The molecule has 3 saturated heterocycles. The van der Waals surface area contributed by atoms with Crippen LogP contribution in [0.5, 0.6) is 0 Å². The summed E-state index contributed by atoms with van der Waals surface area (Å²) in [6, 6.07) is 64.6. The van der Waals surface area contributed by atoms with E-state index in [-0.39, 0.29) is 12.8 Å². The first-order valence-electron chi connectivity index (χ1n) is 38.7. The van der Waals surface area contributed by atoms with Gasteiger partial charge in [0.15, 0.2) is 6.71 Å². The Balaban J connectivity index is 0.830. The first-order chi connectivity index (χ1) is 46.1. The van der Waals surface area contributed by atoms with Crippen LogP contribution in [-0.2, 0) is 0 Å². The fraction of sp³-hybridized carbons (Fsp3) is 0.535. The molecule has 6 aromatic carbocycles. The summed E-state index contributed by atoms with van der Waals surface area (Å²) in [7, 11) is 0. The molecule has 8 aliphatic carbocycles. The topological polar surface area (TPSA) is 21.8 Å². The number of rotatable bonds is 13. The zero-order valence-corrected chi connectivity index (χ0v) is 57.1. The van der Waals surface area contributed by atoms with Crippen molar-refractivity contribution < 1.29 is 0 Å². The monoisotopic (exact) mass is 1250 g/mol. The predicted octanol–water partition coefficient (Wildman–Crippen LogP) is 22.0. The Hall–Kier alpha value is -5.36. The Bertz CT molecular complexity index is 3550. The summed E-state index contributed by atoms with van der Waals surface area (Å²) in [5, 5.41) is 5.32. The molecule has 11 unspecified atom stereocenters. The maximum atomic E-state index is 4.13. The van der Waals surface area contributed by atoms with E-state index >= 15 is 0 Å². The van der Waals surface area contributed by atoms with E-state index in [0.29, 0.717) is 29.0 Å². The van der Waals surface area contributed by atoms with E-state index in [9.17, 15) is 0 Å². The lowest BCUT2D eigenvalue weighted by atomic mass is 9.18. The molecule has 0 radical (unpaired) electrons. The van der Waals surface area contributed by atoms with E-state index in [2.05, 4.69) is 209 Å². The summed E-state index contributed by atoms with van der Waals surface area (Å²) in [6.07, 6.45) is 47.0. The zero-order chi connectivity index (χ0) is 61.8. The largest absolute Gasteiger partial charge is 0.365 e. The van der Waals surface area contributed by atoms with Crippen LogP contribution in [0, 0.1) is 30.6 Å². The van der Waals surface area contributed by atoms with Crippen molar-refractivity contribution >= 4 is 53.4 Å². The first kappa shape index (κ1) is 61.2. The smallest absolute Gasteiger partial charge is 0.219 e. The van der Waals surface area contributed by atoms with Crippen molar-refractivity contribution in [3.63, 3.8) is 0 Å². The van der Waals surface area contributed by atoms with Gasteiger partial charge < -0.3 is 15.1 Å². The van der Waals surface area contributed by atoms with Crippen molar-refractivity contribution in [2.75, 3.05) is 15.1 Å². The third-order valence-corrected chi connectivity index (χ3v) is 29.0. The van der Waals surface area contributed by atoms with Crippen molar-refractivity contribution in [2.45, 2.75) is 263 Å². The highest BCUT2D eigenvalue weighted by Gasteiger charge is 2.62. The zero-order valence-electron chi connectivity index (χ0n) is 56.3. The van der Waals surface area contributed by atoms with Gasteiger partial charge in [-0.1, -0.05) is 259 Å². The van der Waals surface area contributed by atoms with E-state index in [4.69, 9.17) is 0 Å². The highest BCUT2D eigenvalue weighted by atomic mass is 32.2. The van der Waals surface area contributed by atoms with E-state index in [0.717, 1.165) is 71.8 Å². The standard InChI is InChI=1S/C86H106B2N4S/c1-59-27-26-42-73(63-32-12-4-13-33-63)86(59)92-81-55-70(91(69-49-47-61(48-50-69)60-28-8-2-9-29-60)80-46-25-21-41-72(80)62-30-10-3-11-31-62)51-52-76(81)87(75-44-23-24-45-79(75)89-66-35-14-5-15-36-66)77-57-78-83(58-82(77)92)93-84-56-71(54-65-53-64-34-20-22-43-74(64)88(78)85(65)84)90(67-37-16-6-17-38-67)68-39-18-7-19-40-68/h3-5,10-15,21,23-27,30-33,35-36,41-42,44-46,57-58,60-61,64-65,67-71,74,76,78,81,83-85,89H,2,6-9,16-20,22,28-29,34,37-40,43,47-56H2,1H3. The molecule has 7 saturated carbocycles. The van der Waals surface area contributed by atoms with Crippen LogP contribution in [0.15, 0.2) is 181 Å². The number of para-hydroxylation sites is 4. The van der Waals surface area contributed by atoms with Crippen LogP contribution in [-0.4, -0.2) is 65.1 Å². The van der Waals surface area contributed by atoms with Crippen LogP contribution >= 0.6 is 11.8 Å². The van der Waals surface area contributed by atoms with Gasteiger partial charge in [0.25, 0.3) is 0 Å². The number of fused-ring (bicyclic) bond motifs is 6. The lowest BCUT2D eigenvalue weighted by molar-refractivity contribution is 0.00784. The first-order valence-corrected chi connectivity index (χ1v) is 39.7.